The summed E-state index contributed by atoms with van der Waals surface area (Å²) in [5.41, 5.74) is 10.5. The quantitative estimate of drug-likeness (QED) is 0.375. The molecule has 31 heavy (non-hydrogen) atoms. The number of carboxylic acid groups (broad SMARTS) is 1. The maximum atomic E-state index is 12.1. The molecule has 3 rings (SSSR count). The van der Waals surface area contributed by atoms with Gasteiger partial charge in [0.25, 0.3) is 0 Å². The molecule has 3 aromatic rings. The van der Waals surface area contributed by atoms with Crippen molar-refractivity contribution in [2.45, 2.75) is 47.0 Å². The molecular weight excluding hydrogens is 382 g/mol. The van der Waals surface area contributed by atoms with Crippen LogP contribution in [0.3, 0.4) is 0 Å². The van der Waals surface area contributed by atoms with Gasteiger partial charge in [-0.1, -0.05) is 43.3 Å². The highest BCUT2D eigenvalue weighted by molar-refractivity contribution is 5.90. The van der Waals surface area contributed by atoms with Gasteiger partial charge in [-0.25, -0.2) is 4.79 Å². The van der Waals surface area contributed by atoms with E-state index in [1.807, 2.05) is 18.3 Å². The molecule has 160 valence electrons. The maximum Gasteiger partial charge on any atom is 0.335 e. The minimum Gasteiger partial charge on any atom is -0.478 e. The highest BCUT2D eigenvalue weighted by Gasteiger charge is 2.26. The van der Waals surface area contributed by atoms with Crippen molar-refractivity contribution < 1.29 is 9.90 Å². The number of aryl methyl sites for hydroxylation is 5. The third-order valence-electron chi connectivity index (χ3n) is 6.15. The summed E-state index contributed by atoms with van der Waals surface area (Å²) in [6.07, 6.45) is 2.81. The van der Waals surface area contributed by atoms with Gasteiger partial charge >= 0.3 is 5.97 Å². The van der Waals surface area contributed by atoms with E-state index < -0.39 is 5.97 Å². The van der Waals surface area contributed by atoms with Crippen molar-refractivity contribution in [1.82, 2.24) is 0 Å². The number of aromatic carboxylic acids is 1. The number of hydrogen-bond acceptors (Lipinski definition) is 2. The predicted octanol–water partition coefficient (Wildman–Crippen LogP) is 6.41. The van der Waals surface area contributed by atoms with Crippen molar-refractivity contribution in [3.05, 3.63) is 104 Å². The molecule has 0 saturated carbocycles. The summed E-state index contributed by atoms with van der Waals surface area (Å²) in [4.78, 5) is 16.4. The van der Waals surface area contributed by atoms with Crippen molar-refractivity contribution in [2.75, 3.05) is 7.05 Å². The minimum absolute atomic E-state index is 0.178. The molecule has 0 aliphatic heterocycles. The first-order valence-corrected chi connectivity index (χ1v) is 10.7. The summed E-state index contributed by atoms with van der Waals surface area (Å²) in [6, 6.07) is 16.2. The van der Waals surface area contributed by atoms with Crippen LogP contribution in [0.25, 0.3) is 0 Å². The number of hydrogen-bond donors (Lipinski definition) is 1. The van der Waals surface area contributed by atoms with Crippen molar-refractivity contribution in [1.29, 1.82) is 0 Å². The standard InChI is InChI=1S/C28H31NO2/c1-7-21-14-25(19(4)12-17(21)2)27(23-10-8-9-11-24(23)28(30)31)26-15-22(16-29-6)18(3)13-20(26)5/h8-16,27H,7H2,1-6H3,(H,30,31). The second kappa shape index (κ2) is 9.30. The van der Waals surface area contributed by atoms with E-state index in [0.29, 0.717) is 5.56 Å². The Hall–Kier alpha value is -3.20. The van der Waals surface area contributed by atoms with Crippen molar-refractivity contribution in [3.8, 4) is 0 Å². The topological polar surface area (TPSA) is 49.7 Å². The van der Waals surface area contributed by atoms with Gasteiger partial charge in [-0.15, -0.1) is 0 Å². The third kappa shape index (κ3) is 4.46. The molecule has 0 radical (unpaired) electrons. The molecule has 0 spiro atoms. The van der Waals surface area contributed by atoms with Gasteiger partial charge in [0, 0.05) is 19.2 Å². The largest absolute Gasteiger partial charge is 0.478 e. The molecule has 1 N–H and O–H groups in total. The van der Waals surface area contributed by atoms with Crippen molar-refractivity contribution >= 4 is 12.2 Å². The van der Waals surface area contributed by atoms with Gasteiger partial charge < -0.3 is 5.11 Å². The summed E-state index contributed by atoms with van der Waals surface area (Å²) in [6.45, 7) is 10.6. The molecule has 3 nitrogen and oxygen atoms in total. The average molecular weight is 414 g/mol. The van der Waals surface area contributed by atoms with E-state index >= 15 is 0 Å². The highest BCUT2D eigenvalue weighted by atomic mass is 16.4. The molecule has 1 atom stereocenters. The van der Waals surface area contributed by atoms with Gasteiger partial charge in [0.2, 0.25) is 0 Å². The Morgan fingerprint density at radius 3 is 2.13 bits per heavy atom. The van der Waals surface area contributed by atoms with Crippen LogP contribution in [-0.2, 0) is 6.42 Å². The third-order valence-corrected chi connectivity index (χ3v) is 6.15. The van der Waals surface area contributed by atoms with E-state index in [0.717, 1.165) is 39.8 Å². The molecule has 0 aromatic heterocycles. The molecule has 0 amide bonds. The highest BCUT2D eigenvalue weighted by Crippen LogP contribution is 2.39. The Balaban J connectivity index is 2.41. The molecule has 1 unspecified atom stereocenters. The summed E-state index contributed by atoms with van der Waals surface area (Å²) >= 11 is 0. The molecule has 0 heterocycles. The van der Waals surface area contributed by atoms with Crippen LogP contribution in [0, 0.1) is 27.7 Å². The Kier molecular flexibility index (Phi) is 6.74. The molecule has 0 aliphatic rings. The molecule has 0 aliphatic carbocycles. The van der Waals surface area contributed by atoms with Crippen LogP contribution >= 0.6 is 0 Å². The fourth-order valence-corrected chi connectivity index (χ4v) is 4.53. The average Bonchev–Trinajstić information content (AvgIpc) is 2.73. The Labute approximate surface area is 185 Å². The SMILES string of the molecule is CCc1cc(C(c2cc(C=NC)c(C)cc2C)c2ccccc2C(=O)O)c(C)cc1C. The lowest BCUT2D eigenvalue weighted by atomic mass is 9.77. The summed E-state index contributed by atoms with van der Waals surface area (Å²) in [5.74, 6) is -1.08. The van der Waals surface area contributed by atoms with Crippen LogP contribution in [0.15, 0.2) is 53.5 Å². The number of carbonyl (C=O) groups is 1. The van der Waals surface area contributed by atoms with E-state index in [1.165, 1.54) is 16.7 Å². The smallest absolute Gasteiger partial charge is 0.335 e. The molecule has 0 fully saturated rings. The first kappa shape index (κ1) is 22.5. The van der Waals surface area contributed by atoms with Crippen LogP contribution in [0.1, 0.15) is 73.3 Å². The zero-order chi connectivity index (χ0) is 22.7. The van der Waals surface area contributed by atoms with Crippen LogP contribution in [0.2, 0.25) is 0 Å². The molecular formula is C28H31NO2. The monoisotopic (exact) mass is 413 g/mol. The molecule has 3 aromatic carbocycles. The van der Waals surface area contributed by atoms with Crippen LogP contribution in [-0.4, -0.2) is 24.3 Å². The first-order chi connectivity index (χ1) is 14.8. The summed E-state index contributed by atoms with van der Waals surface area (Å²) in [7, 11) is 1.77. The van der Waals surface area contributed by atoms with Crippen LogP contribution in [0.5, 0.6) is 0 Å². The zero-order valence-corrected chi connectivity index (χ0v) is 19.3. The van der Waals surface area contributed by atoms with E-state index in [1.54, 1.807) is 19.2 Å². The fourth-order valence-electron chi connectivity index (χ4n) is 4.53. The van der Waals surface area contributed by atoms with Gasteiger partial charge in [-0.05, 0) is 96.3 Å². The number of aliphatic imine (C=N–C) groups is 1. The summed E-state index contributed by atoms with van der Waals surface area (Å²) in [5, 5.41) is 9.95. The van der Waals surface area contributed by atoms with Crippen LogP contribution in [0.4, 0.5) is 0 Å². The maximum absolute atomic E-state index is 12.1. The zero-order valence-electron chi connectivity index (χ0n) is 19.3. The normalized spacial score (nSPS) is 12.3. The molecule has 0 bridgehead atoms. The Bertz CT molecular complexity index is 1160. The van der Waals surface area contributed by atoms with Crippen molar-refractivity contribution in [2.24, 2.45) is 4.99 Å². The Morgan fingerprint density at radius 2 is 1.52 bits per heavy atom. The predicted molar refractivity (Wildman–Crippen MR) is 129 cm³/mol. The van der Waals surface area contributed by atoms with E-state index in [9.17, 15) is 9.90 Å². The second-order valence-electron chi connectivity index (χ2n) is 8.27. The van der Waals surface area contributed by atoms with Gasteiger partial charge in [0.05, 0.1) is 5.56 Å². The van der Waals surface area contributed by atoms with Gasteiger partial charge in [0.15, 0.2) is 0 Å². The minimum atomic E-state index is -0.902. The van der Waals surface area contributed by atoms with Gasteiger partial charge in [0.1, 0.15) is 0 Å². The number of benzene rings is 3. The van der Waals surface area contributed by atoms with E-state index in [4.69, 9.17) is 0 Å². The van der Waals surface area contributed by atoms with Gasteiger partial charge in [-0.2, -0.15) is 0 Å². The lowest BCUT2D eigenvalue weighted by Gasteiger charge is -2.26. The molecule has 3 heteroatoms. The molecule has 0 saturated heterocycles. The fraction of sp³-hybridized carbons (Fsp3) is 0.286. The van der Waals surface area contributed by atoms with E-state index in [2.05, 4.69) is 63.9 Å². The first-order valence-electron chi connectivity index (χ1n) is 10.7. The number of rotatable bonds is 6. The number of nitrogens with zero attached hydrogens (tertiary/aromatic N) is 1. The second-order valence-corrected chi connectivity index (χ2v) is 8.27. The van der Waals surface area contributed by atoms with Gasteiger partial charge in [-0.3, -0.25) is 4.99 Å². The lowest BCUT2D eigenvalue weighted by Crippen LogP contribution is -2.14. The Morgan fingerprint density at radius 1 is 0.903 bits per heavy atom. The number of carboxylic acids is 1. The summed E-state index contributed by atoms with van der Waals surface area (Å²) < 4.78 is 0. The van der Waals surface area contributed by atoms with Crippen LogP contribution < -0.4 is 0 Å². The van der Waals surface area contributed by atoms with Crippen molar-refractivity contribution in [3.63, 3.8) is 0 Å². The lowest BCUT2D eigenvalue weighted by molar-refractivity contribution is 0.0695. The van der Waals surface area contributed by atoms with E-state index in [-0.39, 0.29) is 5.92 Å².